The maximum atomic E-state index is 11.4. The number of carboxylic acids is 1. The number of carboxylic acid groups (broad SMARTS) is 1. The molecule has 0 saturated carbocycles. The molecule has 0 saturated heterocycles. The van der Waals surface area contributed by atoms with Gasteiger partial charge in [-0.15, -0.1) is 0 Å². The molecule has 4 heteroatoms. The van der Waals surface area contributed by atoms with Crippen molar-refractivity contribution in [3.05, 3.63) is 90.1 Å². The van der Waals surface area contributed by atoms with E-state index in [1.807, 2.05) is 72.8 Å². The molecule has 0 aliphatic heterocycles. The molecule has 0 radical (unpaired) electrons. The van der Waals surface area contributed by atoms with Crippen LogP contribution in [0.5, 0.6) is 5.75 Å². The van der Waals surface area contributed by atoms with Crippen LogP contribution in [-0.4, -0.2) is 15.6 Å². The van der Waals surface area contributed by atoms with Crippen molar-refractivity contribution in [2.75, 3.05) is 0 Å². The topological polar surface area (TPSA) is 51.5 Å². The number of aromatic carboxylic acids is 1. The molecule has 1 N–H and O–H groups in total. The monoisotopic (exact) mass is 357 g/mol. The second-order valence-electron chi connectivity index (χ2n) is 6.44. The Labute approximate surface area is 157 Å². The highest BCUT2D eigenvalue weighted by Crippen LogP contribution is 2.31. The molecule has 0 aliphatic rings. The van der Waals surface area contributed by atoms with Crippen LogP contribution < -0.4 is 4.74 Å². The van der Waals surface area contributed by atoms with Crippen molar-refractivity contribution >= 4 is 16.9 Å². The Morgan fingerprint density at radius 2 is 1.70 bits per heavy atom. The fourth-order valence-corrected chi connectivity index (χ4v) is 3.33. The lowest BCUT2D eigenvalue weighted by atomic mass is 10.0. The van der Waals surface area contributed by atoms with Gasteiger partial charge in [0.1, 0.15) is 18.1 Å². The molecule has 4 nitrogen and oxygen atoms in total. The third-order valence-corrected chi connectivity index (χ3v) is 4.69. The highest BCUT2D eigenvalue weighted by atomic mass is 16.5. The van der Waals surface area contributed by atoms with Crippen molar-refractivity contribution in [1.29, 1.82) is 0 Å². The summed E-state index contributed by atoms with van der Waals surface area (Å²) in [5.41, 5.74) is 4.33. The highest BCUT2D eigenvalue weighted by Gasteiger charge is 2.15. The van der Waals surface area contributed by atoms with E-state index >= 15 is 0 Å². The van der Waals surface area contributed by atoms with Gasteiger partial charge in [-0.2, -0.15) is 0 Å². The van der Waals surface area contributed by atoms with E-state index in [1.54, 1.807) is 17.7 Å². The molecule has 0 unspecified atom stereocenters. The average Bonchev–Trinajstić information content (AvgIpc) is 3.05. The molecule has 3 aromatic carbocycles. The molecule has 4 aromatic rings. The van der Waals surface area contributed by atoms with Gasteiger partial charge in [0.15, 0.2) is 0 Å². The van der Waals surface area contributed by atoms with Crippen molar-refractivity contribution in [3.8, 4) is 16.9 Å². The number of hydrogen-bond donors (Lipinski definition) is 1. The number of rotatable bonds is 5. The third-order valence-electron chi connectivity index (χ3n) is 4.69. The van der Waals surface area contributed by atoms with Crippen molar-refractivity contribution in [2.45, 2.75) is 6.61 Å². The molecule has 0 atom stereocenters. The lowest BCUT2D eigenvalue weighted by molar-refractivity contribution is 0.0687. The maximum Gasteiger partial charge on any atom is 0.352 e. The summed E-state index contributed by atoms with van der Waals surface area (Å²) < 4.78 is 7.58. The molecular formula is C23H19NO3. The van der Waals surface area contributed by atoms with Crippen molar-refractivity contribution in [1.82, 2.24) is 4.57 Å². The Morgan fingerprint density at radius 1 is 0.963 bits per heavy atom. The van der Waals surface area contributed by atoms with Gasteiger partial charge in [0.05, 0.1) is 5.52 Å². The fourth-order valence-electron chi connectivity index (χ4n) is 3.33. The quantitative estimate of drug-likeness (QED) is 0.539. The first kappa shape index (κ1) is 16.9. The number of fused-ring (bicyclic) bond motifs is 1. The van der Waals surface area contributed by atoms with Gasteiger partial charge < -0.3 is 14.4 Å². The van der Waals surface area contributed by atoms with Gasteiger partial charge >= 0.3 is 5.97 Å². The minimum absolute atomic E-state index is 0.278. The lowest BCUT2D eigenvalue weighted by Gasteiger charge is -2.10. The van der Waals surface area contributed by atoms with Crippen LogP contribution in [0.25, 0.3) is 22.0 Å². The summed E-state index contributed by atoms with van der Waals surface area (Å²) in [4.78, 5) is 11.4. The first-order valence-electron chi connectivity index (χ1n) is 8.72. The zero-order valence-corrected chi connectivity index (χ0v) is 14.9. The molecule has 1 heterocycles. The van der Waals surface area contributed by atoms with Crippen molar-refractivity contribution in [2.24, 2.45) is 7.05 Å². The lowest BCUT2D eigenvalue weighted by Crippen LogP contribution is -2.04. The molecular weight excluding hydrogens is 338 g/mol. The smallest absolute Gasteiger partial charge is 0.352 e. The van der Waals surface area contributed by atoms with E-state index in [0.29, 0.717) is 6.61 Å². The normalized spacial score (nSPS) is 10.9. The largest absolute Gasteiger partial charge is 0.489 e. The number of benzene rings is 3. The summed E-state index contributed by atoms with van der Waals surface area (Å²) in [5.74, 6) is -0.128. The average molecular weight is 357 g/mol. The minimum atomic E-state index is -0.927. The molecule has 0 aliphatic carbocycles. The number of aryl methyl sites for hydroxylation is 1. The van der Waals surface area contributed by atoms with Crippen LogP contribution >= 0.6 is 0 Å². The molecule has 0 amide bonds. The van der Waals surface area contributed by atoms with Gasteiger partial charge in [-0.3, -0.25) is 0 Å². The highest BCUT2D eigenvalue weighted by molar-refractivity contribution is 6.00. The summed E-state index contributed by atoms with van der Waals surface area (Å²) in [6, 6.07) is 25.5. The SMILES string of the molecule is Cn1c(C(=O)O)cc2cccc(-c3ccc(OCc4ccccc4)cc3)c21. The first-order chi connectivity index (χ1) is 13.1. The predicted molar refractivity (Wildman–Crippen MR) is 106 cm³/mol. The van der Waals surface area contributed by atoms with E-state index in [4.69, 9.17) is 4.74 Å². The molecule has 134 valence electrons. The van der Waals surface area contributed by atoms with Gasteiger partial charge in [-0.1, -0.05) is 60.7 Å². The number of nitrogens with zero attached hydrogens (tertiary/aromatic N) is 1. The molecule has 0 fully saturated rings. The fraction of sp³-hybridized carbons (Fsp3) is 0.0870. The molecule has 0 bridgehead atoms. The minimum Gasteiger partial charge on any atom is -0.489 e. The standard InChI is InChI=1S/C23H19NO3/c1-24-21(23(25)26)14-18-8-5-9-20(22(18)24)17-10-12-19(13-11-17)27-15-16-6-3-2-4-7-16/h2-14H,15H2,1H3,(H,25,26). The Hall–Kier alpha value is -3.53. The number of aromatic nitrogens is 1. The van der Waals surface area contributed by atoms with E-state index in [0.717, 1.165) is 33.3 Å². The number of para-hydroxylation sites is 1. The van der Waals surface area contributed by atoms with E-state index in [2.05, 4.69) is 0 Å². The van der Waals surface area contributed by atoms with E-state index in [1.165, 1.54) is 0 Å². The van der Waals surface area contributed by atoms with Crippen LogP contribution in [0.2, 0.25) is 0 Å². The summed E-state index contributed by atoms with van der Waals surface area (Å²) in [6.07, 6.45) is 0. The molecule has 4 rings (SSSR count). The molecule has 0 spiro atoms. The van der Waals surface area contributed by atoms with Crippen LogP contribution in [0.3, 0.4) is 0 Å². The number of hydrogen-bond acceptors (Lipinski definition) is 2. The number of carbonyl (C=O) groups is 1. The van der Waals surface area contributed by atoms with Gasteiger partial charge in [0.25, 0.3) is 0 Å². The van der Waals surface area contributed by atoms with Gasteiger partial charge in [0, 0.05) is 18.0 Å². The van der Waals surface area contributed by atoms with Crippen LogP contribution in [0, 0.1) is 0 Å². The van der Waals surface area contributed by atoms with Gasteiger partial charge in [-0.05, 0) is 29.3 Å². The summed E-state index contributed by atoms with van der Waals surface area (Å²) in [5, 5.41) is 10.3. The zero-order valence-electron chi connectivity index (χ0n) is 14.9. The summed E-state index contributed by atoms with van der Waals surface area (Å²) in [6.45, 7) is 0.523. The van der Waals surface area contributed by atoms with Crippen LogP contribution in [0.4, 0.5) is 0 Å². The molecule has 27 heavy (non-hydrogen) atoms. The van der Waals surface area contributed by atoms with E-state index in [-0.39, 0.29) is 5.69 Å². The first-order valence-corrected chi connectivity index (χ1v) is 8.72. The second-order valence-corrected chi connectivity index (χ2v) is 6.44. The Morgan fingerprint density at radius 3 is 2.41 bits per heavy atom. The Kier molecular flexibility index (Phi) is 4.38. The van der Waals surface area contributed by atoms with Crippen molar-refractivity contribution < 1.29 is 14.6 Å². The molecule has 1 aromatic heterocycles. The maximum absolute atomic E-state index is 11.4. The van der Waals surface area contributed by atoms with Crippen molar-refractivity contribution in [3.63, 3.8) is 0 Å². The summed E-state index contributed by atoms with van der Waals surface area (Å²) in [7, 11) is 1.78. The van der Waals surface area contributed by atoms with Gasteiger partial charge in [0.2, 0.25) is 0 Å². The Bertz CT molecular complexity index is 1100. The third kappa shape index (κ3) is 3.29. The van der Waals surface area contributed by atoms with Crippen LogP contribution in [-0.2, 0) is 13.7 Å². The predicted octanol–water partition coefficient (Wildman–Crippen LogP) is 5.12. The van der Waals surface area contributed by atoms with E-state index < -0.39 is 5.97 Å². The van der Waals surface area contributed by atoms with Gasteiger partial charge in [-0.25, -0.2) is 4.79 Å². The number of ether oxygens (including phenoxy) is 1. The van der Waals surface area contributed by atoms with Crippen LogP contribution in [0.1, 0.15) is 16.1 Å². The van der Waals surface area contributed by atoms with Crippen LogP contribution in [0.15, 0.2) is 78.9 Å². The van der Waals surface area contributed by atoms with E-state index in [9.17, 15) is 9.90 Å². The second kappa shape index (κ2) is 7.00. The summed E-state index contributed by atoms with van der Waals surface area (Å²) >= 11 is 0. The Balaban J connectivity index is 1.63. The zero-order chi connectivity index (χ0) is 18.8.